The predicted molar refractivity (Wildman–Crippen MR) is 105 cm³/mol. The maximum Gasteiger partial charge on any atom is 0.223 e. The number of oxazole rings is 1. The Balaban J connectivity index is 1.38. The van der Waals surface area contributed by atoms with E-state index in [1.807, 2.05) is 31.2 Å². The van der Waals surface area contributed by atoms with Gasteiger partial charge in [-0.15, -0.1) is 0 Å². The second-order valence-corrected chi connectivity index (χ2v) is 8.38. The minimum absolute atomic E-state index is 0.0619. The lowest BCUT2D eigenvalue weighted by Crippen LogP contribution is -2.49. The summed E-state index contributed by atoms with van der Waals surface area (Å²) in [7, 11) is 0. The molecule has 2 aromatic rings. The van der Waals surface area contributed by atoms with E-state index in [4.69, 9.17) is 21.8 Å². The lowest BCUT2D eigenvalue weighted by atomic mass is 9.65. The topological polar surface area (TPSA) is 81.2 Å². The van der Waals surface area contributed by atoms with Gasteiger partial charge in [-0.2, -0.15) is 0 Å². The standard InChI is InChI=1S/C21H26ClN3O2/c1-12-20(13-5-7-17(22)8-6-13)27-18(25-12)11-24-21(26)16-9-14-3-2-4-15(10-16)19(14)23/h5-8,14-16,19H,2-4,9-11,23H2,1H3,(H,24,26). The summed E-state index contributed by atoms with van der Waals surface area (Å²) in [6, 6.07) is 7.74. The highest BCUT2D eigenvalue weighted by molar-refractivity contribution is 6.30. The second kappa shape index (κ2) is 7.64. The van der Waals surface area contributed by atoms with Gasteiger partial charge < -0.3 is 15.5 Å². The first-order valence-corrected chi connectivity index (χ1v) is 10.1. The molecule has 6 heteroatoms. The number of fused-ring (bicyclic) bond motifs is 2. The minimum Gasteiger partial charge on any atom is -0.438 e. The number of rotatable bonds is 4. The van der Waals surface area contributed by atoms with Crippen LogP contribution >= 0.6 is 11.6 Å². The third-order valence-corrected chi connectivity index (χ3v) is 6.40. The molecule has 2 aliphatic carbocycles. The van der Waals surface area contributed by atoms with E-state index < -0.39 is 0 Å². The Hall–Kier alpha value is -1.85. The fourth-order valence-electron chi connectivity index (χ4n) is 4.71. The summed E-state index contributed by atoms with van der Waals surface area (Å²) in [5.74, 6) is 2.39. The van der Waals surface area contributed by atoms with Gasteiger partial charge in [-0.25, -0.2) is 4.98 Å². The van der Waals surface area contributed by atoms with E-state index in [0.29, 0.717) is 35.1 Å². The first-order chi connectivity index (χ1) is 13.0. The smallest absolute Gasteiger partial charge is 0.223 e. The van der Waals surface area contributed by atoms with Crippen LogP contribution in [0.4, 0.5) is 0 Å². The fourth-order valence-corrected chi connectivity index (χ4v) is 4.83. The monoisotopic (exact) mass is 387 g/mol. The number of hydrogen-bond acceptors (Lipinski definition) is 4. The van der Waals surface area contributed by atoms with Gasteiger partial charge in [0.1, 0.15) is 0 Å². The Labute approximate surface area is 164 Å². The van der Waals surface area contributed by atoms with Crippen molar-refractivity contribution in [2.24, 2.45) is 23.5 Å². The lowest BCUT2D eigenvalue weighted by Gasteiger charge is -2.43. The SMILES string of the molecule is Cc1nc(CNC(=O)C2CC3CCCC(C2)C3N)oc1-c1ccc(Cl)cc1. The Morgan fingerprint density at radius 2 is 1.93 bits per heavy atom. The van der Waals surface area contributed by atoms with Gasteiger partial charge in [0.2, 0.25) is 11.8 Å². The van der Waals surface area contributed by atoms with Crippen LogP contribution in [0.1, 0.15) is 43.7 Å². The number of halogens is 1. The number of benzene rings is 1. The summed E-state index contributed by atoms with van der Waals surface area (Å²) in [6.45, 7) is 2.22. The van der Waals surface area contributed by atoms with Gasteiger partial charge >= 0.3 is 0 Å². The molecule has 0 spiro atoms. The maximum atomic E-state index is 12.7. The molecule has 2 fully saturated rings. The normalized spacial score (nSPS) is 27.4. The molecule has 2 unspecified atom stereocenters. The lowest BCUT2D eigenvalue weighted by molar-refractivity contribution is -0.128. The van der Waals surface area contributed by atoms with E-state index in [-0.39, 0.29) is 17.9 Å². The molecule has 3 N–H and O–H groups in total. The molecule has 144 valence electrons. The molecule has 2 saturated carbocycles. The van der Waals surface area contributed by atoms with Crippen molar-refractivity contribution < 1.29 is 9.21 Å². The molecule has 4 rings (SSSR count). The molecule has 27 heavy (non-hydrogen) atoms. The van der Waals surface area contributed by atoms with E-state index >= 15 is 0 Å². The Morgan fingerprint density at radius 1 is 1.26 bits per heavy atom. The van der Waals surface area contributed by atoms with E-state index in [1.165, 1.54) is 6.42 Å². The van der Waals surface area contributed by atoms with E-state index in [9.17, 15) is 4.79 Å². The first-order valence-electron chi connectivity index (χ1n) is 9.77. The summed E-state index contributed by atoms with van der Waals surface area (Å²) in [5, 5.41) is 3.70. The summed E-state index contributed by atoms with van der Waals surface area (Å²) >= 11 is 5.95. The van der Waals surface area contributed by atoms with E-state index in [1.54, 1.807) is 0 Å². The quantitative estimate of drug-likeness (QED) is 0.828. The first kappa shape index (κ1) is 18.5. The third-order valence-electron chi connectivity index (χ3n) is 6.14. The molecule has 1 heterocycles. The van der Waals surface area contributed by atoms with Gasteiger partial charge in [0.15, 0.2) is 5.76 Å². The average molecular weight is 388 g/mol. The van der Waals surface area contributed by atoms with Crippen LogP contribution in [-0.4, -0.2) is 16.9 Å². The Kier molecular flexibility index (Phi) is 5.24. The van der Waals surface area contributed by atoms with Crippen molar-refractivity contribution in [1.82, 2.24) is 10.3 Å². The van der Waals surface area contributed by atoms with Crippen molar-refractivity contribution in [3.05, 3.63) is 40.9 Å². The highest BCUT2D eigenvalue weighted by Crippen LogP contribution is 2.41. The third kappa shape index (κ3) is 3.90. The molecule has 1 aromatic heterocycles. The molecular formula is C21H26ClN3O2. The molecule has 5 nitrogen and oxygen atoms in total. The molecule has 0 saturated heterocycles. The largest absolute Gasteiger partial charge is 0.438 e. The zero-order chi connectivity index (χ0) is 19.0. The molecule has 2 bridgehead atoms. The molecule has 0 radical (unpaired) electrons. The summed E-state index contributed by atoms with van der Waals surface area (Å²) in [5.41, 5.74) is 8.06. The highest BCUT2D eigenvalue weighted by atomic mass is 35.5. The summed E-state index contributed by atoms with van der Waals surface area (Å²) < 4.78 is 5.88. The predicted octanol–water partition coefficient (Wildman–Crippen LogP) is 4.07. The Bertz CT molecular complexity index is 803. The van der Waals surface area contributed by atoms with Crippen molar-refractivity contribution in [3.8, 4) is 11.3 Å². The number of carbonyl (C=O) groups excluding carboxylic acids is 1. The zero-order valence-electron chi connectivity index (χ0n) is 15.6. The van der Waals surface area contributed by atoms with Crippen LogP contribution in [0.15, 0.2) is 28.7 Å². The van der Waals surface area contributed by atoms with Crippen LogP contribution < -0.4 is 11.1 Å². The molecule has 1 amide bonds. The number of nitrogens with zero attached hydrogens (tertiary/aromatic N) is 1. The van der Waals surface area contributed by atoms with Crippen molar-refractivity contribution in [1.29, 1.82) is 0 Å². The summed E-state index contributed by atoms with van der Waals surface area (Å²) in [4.78, 5) is 17.1. The average Bonchev–Trinajstić information content (AvgIpc) is 3.01. The molecule has 2 atom stereocenters. The fraction of sp³-hybridized carbons (Fsp3) is 0.524. The van der Waals surface area contributed by atoms with Gasteiger partial charge in [-0.05, 0) is 68.7 Å². The second-order valence-electron chi connectivity index (χ2n) is 7.94. The number of hydrogen-bond donors (Lipinski definition) is 2. The van der Waals surface area contributed by atoms with Gasteiger partial charge in [0, 0.05) is 22.5 Å². The van der Waals surface area contributed by atoms with Crippen molar-refractivity contribution in [2.75, 3.05) is 0 Å². The molecular weight excluding hydrogens is 362 g/mol. The van der Waals surface area contributed by atoms with Crippen LogP contribution in [0, 0.1) is 24.7 Å². The number of carbonyl (C=O) groups is 1. The van der Waals surface area contributed by atoms with Gasteiger partial charge in [0.05, 0.1) is 12.2 Å². The van der Waals surface area contributed by atoms with Crippen molar-refractivity contribution >= 4 is 17.5 Å². The van der Waals surface area contributed by atoms with Crippen LogP contribution in [-0.2, 0) is 11.3 Å². The van der Waals surface area contributed by atoms with Crippen molar-refractivity contribution in [2.45, 2.75) is 51.6 Å². The van der Waals surface area contributed by atoms with Crippen LogP contribution in [0.25, 0.3) is 11.3 Å². The number of nitrogens with two attached hydrogens (primary N) is 1. The zero-order valence-corrected chi connectivity index (χ0v) is 16.3. The maximum absolute atomic E-state index is 12.7. The number of nitrogens with one attached hydrogen (secondary N) is 1. The molecule has 1 aromatic carbocycles. The molecule has 0 aliphatic heterocycles. The van der Waals surface area contributed by atoms with E-state index in [0.717, 1.165) is 36.9 Å². The highest BCUT2D eigenvalue weighted by Gasteiger charge is 2.40. The summed E-state index contributed by atoms with van der Waals surface area (Å²) in [6.07, 6.45) is 5.38. The van der Waals surface area contributed by atoms with Crippen molar-refractivity contribution in [3.63, 3.8) is 0 Å². The minimum atomic E-state index is 0.0619. The van der Waals surface area contributed by atoms with E-state index in [2.05, 4.69) is 10.3 Å². The van der Waals surface area contributed by atoms with Gasteiger partial charge in [0.25, 0.3) is 0 Å². The van der Waals surface area contributed by atoms with Gasteiger partial charge in [-0.1, -0.05) is 18.0 Å². The van der Waals surface area contributed by atoms with Gasteiger partial charge in [-0.3, -0.25) is 4.79 Å². The van der Waals surface area contributed by atoms with Crippen LogP contribution in [0.5, 0.6) is 0 Å². The number of aromatic nitrogens is 1. The molecule has 2 aliphatic rings. The number of amides is 1. The number of aryl methyl sites for hydroxylation is 1. The Morgan fingerprint density at radius 3 is 2.59 bits per heavy atom. The van der Waals surface area contributed by atoms with Crippen LogP contribution in [0.2, 0.25) is 5.02 Å². The van der Waals surface area contributed by atoms with Crippen LogP contribution in [0.3, 0.4) is 0 Å².